The van der Waals surface area contributed by atoms with Crippen molar-refractivity contribution in [3.8, 4) is 17.1 Å². The predicted molar refractivity (Wildman–Crippen MR) is 122 cm³/mol. The van der Waals surface area contributed by atoms with Crippen LogP contribution in [0.5, 0.6) is 5.88 Å². The summed E-state index contributed by atoms with van der Waals surface area (Å²) in [5, 5.41) is 8.60. The van der Waals surface area contributed by atoms with E-state index in [-0.39, 0.29) is 6.61 Å². The number of carbonyl (C=O) groups is 1. The van der Waals surface area contributed by atoms with Crippen LogP contribution in [-0.4, -0.2) is 44.0 Å². The van der Waals surface area contributed by atoms with Crippen LogP contribution in [0.15, 0.2) is 48.7 Å². The summed E-state index contributed by atoms with van der Waals surface area (Å²) in [6.07, 6.45) is 2.88. The first kappa shape index (κ1) is 22.5. The highest BCUT2D eigenvalue weighted by molar-refractivity contribution is 5.74. The van der Waals surface area contributed by atoms with E-state index in [4.69, 9.17) is 14.2 Å². The highest BCUT2D eigenvalue weighted by atomic mass is 16.7. The molecular weight excluding hydrogens is 422 g/mol. The largest absolute Gasteiger partial charge is 0.515 e. The van der Waals surface area contributed by atoms with Crippen molar-refractivity contribution in [3.05, 3.63) is 65.9 Å². The quantitative estimate of drug-likeness (QED) is 0.352. The smallest absolute Gasteiger partial charge is 0.434 e. The van der Waals surface area contributed by atoms with E-state index >= 15 is 0 Å². The lowest BCUT2D eigenvalue weighted by molar-refractivity contribution is 0.102. The van der Waals surface area contributed by atoms with Crippen molar-refractivity contribution in [1.82, 2.24) is 24.1 Å². The number of hydrogen-bond donors (Lipinski definition) is 0. The Morgan fingerprint density at radius 3 is 2.55 bits per heavy atom. The number of benzene rings is 1. The molecule has 172 valence electrons. The second-order valence-electron chi connectivity index (χ2n) is 7.48. The van der Waals surface area contributed by atoms with Crippen molar-refractivity contribution in [2.24, 2.45) is 0 Å². The van der Waals surface area contributed by atoms with Crippen LogP contribution in [0.3, 0.4) is 0 Å². The summed E-state index contributed by atoms with van der Waals surface area (Å²) < 4.78 is 19.6. The zero-order chi connectivity index (χ0) is 23.2. The molecule has 0 saturated heterocycles. The van der Waals surface area contributed by atoms with Crippen molar-refractivity contribution in [2.45, 2.75) is 39.8 Å². The van der Waals surface area contributed by atoms with Gasteiger partial charge < -0.3 is 18.8 Å². The van der Waals surface area contributed by atoms with E-state index in [9.17, 15) is 4.79 Å². The van der Waals surface area contributed by atoms with Crippen LogP contribution in [0.4, 0.5) is 4.79 Å². The topological polar surface area (TPSA) is 92.8 Å². The summed E-state index contributed by atoms with van der Waals surface area (Å²) in [5.41, 5.74) is 3.16. The lowest BCUT2D eigenvalue weighted by Gasteiger charge is -2.11. The van der Waals surface area contributed by atoms with Gasteiger partial charge in [-0.3, -0.25) is 4.40 Å². The molecule has 0 spiro atoms. The highest BCUT2D eigenvalue weighted by Gasteiger charge is 2.19. The van der Waals surface area contributed by atoms with E-state index < -0.39 is 6.16 Å². The molecule has 0 aliphatic rings. The zero-order valence-corrected chi connectivity index (χ0v) is 19.0. The molecular formula is C24H27N5O4. The minimum atomic E-state index is -0.761. The molecule has 9 heteroatoms. The number of nitrogens with zero attached hydrogens (tertiary/aromatic N) is 5. The Bertz CT molecular complexity index is 1210. The Morgan fingerprint density at radius 2 is 1.82 bits per heavy atom. The van der Waals surface area contributed by atoms with Crippen molar-refractivity contribution >= 4 is 11.8 Å². The summed E-state index contributed by atoms with van der Waals surface area (Å²) in [7, 11) is 1.65. The molecule has 4 aromatic rings. The van der Waals surface area contributed by atoms with Crippen molar-refractivity contribution in [2.75, 3.05) is 13.7 Å². The fourth-order valence-corrected chi connectivity index (χ4v) is 3.64. The minimum absolute atomic E-state index is 0.230. The molecule has 0 bridgehead atoms. The Balaban J connectivity index is 1.64. The van der Waals surface area contributed by atoms with Gasteiger partial charge in [0.15, 0.2) is 5.82 Å². The first-order chi connectivity index (χ1) is 16.1. The predicted octanol–water partition coefficient (Wildman–Crippen LogP) is 4.28. The van der Waals surface area contributed by atoms with Gasteiger partial charge >= 0.3 is 6.16 Å². The van der Waals surface area contributed by atoms with Gasteiger partial charge in [-0.05, 0) is 31.0 Å². The summed E-state index contributed by atoms with van der Waals surface area (Å²) in [6.45, 7) is 5.13. The maximum absolute atomic E-state index is 12.0. The third kappa shape index (κ3) is 4.88. The van der Waals surface area contributed by atoms with Gasteiger partial charge in [0.05, 0.1) is 13.2 Å². The van der Waals surface area contributed by atoms with Gasteiger partial charge in [0, 0.05) is 25.3 Å². The zero-order valence-electron chi connectivity index (χ0n) is 19.0. The molecule has 0 fully saturated rings. The van der Waals surface area contributed by atoms with Crippen LogP contribution in [0.25, 0.3) is 16.9 Å². The van der Waals surface area contributed by atoms with E-state index in [1.165, 1.54) is 0 Å². The Kier molecular flexibility index (Phi) is 6.99. The molecule has 0 unspecified atom stereocenters. The van der Waals surface area contributed by atoms with Gasteiger partial charge in [-0.2, -0.15) is 0 Å². The molecule has 4 rings (SSSR count). The minimum Gasteiger partial charge on any atom is -0.434 e. The highest BCUT2D eigenvalue weighted by Crippen LogP contribution is 2.31. The summed E-state index contributed by atoms with van der Waals surface area (Å²) >= 11 is 0. The lowest BCUT2D eigenvalue weighted by atomic mass is 10.1. The maximum atomic E-state index is 12.0. The van der Waals surface area contributed by atoms with Crippen LogP contribution in [0.1, 0.15) is 37.5 Å². The van der Waals surface area contributed by atoms with E-state index in [0.717, 1.165) is 35.6 Å². The van der Waals surface area contributed by atoms with E-state index in [1.54, 1.807) is 24.6 Å². The number of ether oxygens (including phenoxy) is 3. The molecule has 1 aromatic carbocycles. The molecule has 3 aromatic heterocycles. The molecule has 33 heavy (non-hydrogen) atoms. The first-order valence-electron chi connectivity index (χ1n) is 11.0. The molecule has 0 amide bonds. The molecule has 0 N–H and O–H groups in total. The van der Waals surface area contributed by atoms with Gasteiger partial charge in [0.2, 0.25) is 5.88 Å². The number of imidazole rings is 1. The fourth-order valence-electron chi connectivity index (χ4n) is 3.64. The molecule has 0 atom stereocenters. The number of carbonyl (C=O) groups excluding carboxylic acids is 1. The summed E-state index contributed by atoms with van der Waals surface area (Å²) in [4.78, 5) is 16.7. The third-order valence-electron chi connectivity index (χ3n) is 5.15. The lowest BCUT2D eigenvalue weighted by Crippen LogP contribution is -2.12. The number of hydrogen-bond acceptors (Lipinski definition) is 7. The van der Waals surface area contributed by atoms with Crippen molar-refractivity contribution < 1.29 is 19.0 Å². The van der Waals surface area contributed by atoms with Crippen molar-refractivity contribution in [3.63, 3.8) is 0 Å². The van der Waals surface area contributed by atoms with E-state index in [0.29, 0.717) is 30.4 Å². The average molecular weight is 450 g/mol. The normalized spacial score (nSPS) is 11.1. The Hall–Kier alpha value is -3.72. The van der Waals surface area contributed by atoms with E-state index in [2.05, 4.69) is 26.7 Å². The van der Waals surface area contributed by atoms with Crippen LogP contribution < -0.4 is 4.74 Å². The second kappa shape index (κ2) is 10.3. The molecule has 0 aliphatic carbocycles. The fraction of sp³-hybridized carbons (Fsp3) is 0.333. The van der Waals surface area contributed by atoms with E-state index in [1.807, 2.05) is 42.5 Å². The molecule has 9 nitrogen and oxygen atoms in total. The number of pyridine rings is 1. The van der Waals surface area contributed by atoms with Gasteiger partial charge in [-0.15, -0.1) is 10.2 Å². The number of aromatic nitrogens is 5. The van der Waals surface area contributed by atoms with Crippen LogP contribution in [0.2, 0.25) is 0 Å². The van der Waals surface area contributed by atoms with Crippen LogP contribution >= 0.6 is 0 Å². The monoisotopic (exact) mass is 449 g/mol. The number of methoxy groups -OCH3 is 1. The van der Waals surface area contributed by atoms with Crippen LogP contribution in [0, 0.1) is 0 Å². The second-order valence-corrected chi connectivity index (χ2v) is 7.48. The average Bonchev–Trinajstić information content (AvgIpc) is 3.37. The number of rotatable bonds is 9. The molecule has 0 saturated carbocycles. The molecule has 0 radical (unpaired) electrons. The number of aryl methyl sites for hydroxylation is 1. The van der Waals surface area contributed by atoms with Crippen LogP contribution in [-0.2, 0) is 29.0 Å². The van der Waals surface area contributed by atoms with Gasteiger partial charge in [-0.1, -0.05) is 37.3 Å². The summed E-state index contributed by atoms with van der Waals surface area (Å²) in [5.74, 6) is 2.07. The van der Waals surface area contributed by atoms with Gasteiger partial charge in [0.25, 0.3) is 0 Å². The Labute approximate surface area is 191 Å². The standard InChI is InChI=1S/C24H27N5O4/c1-4-8-20-26-27-21(16-31-3)29(20)15-17-10-12-18(13-11-17)22-23(33-24(30)32-5-2)28-14-7-6-9-19(28)25-22/h6-7,9-14H,4-5,8,15-16H2,1-3H3. The maximum Gasteiger partial charge on any atom is 0.515 e. The molecule has 0 aliphatic heterocycles. The van der Waals surface area contributed by atoms with Gasteiger partial charge in [0.1, 0.15) is 23.8 Å². The first-order valence-corrected chi connectivity index (χ1v) is 11.0. The van der Waals surface area contributed by atoms with Crippen molar-refractivity contribution in [1.29, 1.82) is 0 Å². The Morgan fingerprint density at radius 1 is 1.03 bits per heavy atom. The van der Waals surface area contributed by atoms with Gasteiger partial charge in [-0.25, -0.2) is 9.78 Å². The number of fused-ring (bicyclic) bond motifs is 1. The molecule has 3 heterocycles. The summed E-state index contributed by atoms with van der Waals surface area (Å²) in [6, 6.07) is 13.6. The third-order valence-corrected chi connectivity index (χ3v) is 5.15. The SMILES string of the molecule is CCCc1nnc(COC)n1Cc1ccc(-c2nc3ccccn3c2OC(=O)OCC)cc1.